The Kier molecular flexibility index (Phi) is 7.30. The molecule has 0 aliphatic rings. The van der Waals surface area contributed by atoms with Crippen molar-refractivity contribution in [3.8, 4) is 11.4 Å². The molecule has 1 heterocycles. The van der Waals surface area contributed by atoms with Gasteiger partial charge in [0.15, 0.2) is 0 Å². The average molecular weight is 470 g/mol. The van der Waals surface area contributed by atoms with E-state index in [0.717, 1.165) is 18.4 Å². The molecule has 180 valence electrons. The Balaban J connectivity index is 1.95. The fraction of sp³-hybridized carbons (Fsp3) is 0.276. The molecule has 6 nitrogen and oxygen atoms in total. The van der Waals surface area contributed by atoms with Crippen LogP contribution in [0.15, 0.2) is 77.6 Å². The van der Waals surface area contributed by atoms with Gasteiger partial charge in [-0.2, -0.15) is 0 Å². The molecule has 4 aromatic rings. The minimum Gasteiger partial charge on any atom is -0.495 e. The van der Waals surface area contributed by atoms with Crippen molar-refractivity contribution in [2.75, 3.05) is 13.7 Å². The maximum absolute atomic E-state index is 13.8. The number of carbonyl (C=O) groups is 1. The van der Waals surface area contributed by atoms with Crippen LogP contribution in [0.4, 0.5) is 0 Å². The molecule has 6 heteroatoms. The Labute approximate surface area is 205 Å². The van der Waals surface area contributed by atoms with Gasteiger partial charge in [0, 0.05) is 12.1 Å². The van der Waals surface area contributed by atoms with Crippen molar-refractivity contribution in [1.82, 2.24) is 14.5 Å². The lowest BCUT2D eigenvalue weighted by Crippen LogP contribution is -2.38. The van der Waals surface area contributed by atoms with E-state index in [1.54, 1.807) is 17.7 Å². The Bertz CT molecular complexity index is 1410. The summed E-state index contributed by atoms with van der Waals surface area (Å²) in [6.07, 6.45) is 1.78. The van der Waals surface area contributed by atoms with Gasteiger partial charge in [0.2, 0.25) is 0 Å². The molecular formula is C29H31N3O3. The third kappa shape index (κ3) is 4.69. The maximum atomic E-state index is 13.8. The zero-order chi connectivity index (χ0) is 24.9. The van der Waals surface area contributed by atoms with Crippen molar-refractivity contribution in [3.63, 3.8) is 0 Å². The fourth-order valence-electron chi connectivity index (χ4n) is 4.38. The van der Waals surface area contributed by atoms with Gasteiger partial charge in [-0.25, -0.2) is 4.98 Å². The predicted octanol–water partition coefficient (Wildman–Crippen LogP) is 5.71. The first-order chi connectivity index (χ1) is 17.0. The van der Waals surface area contributed by atoms with Gasteiger partial charge >= 0.3 is 0 Å². The normalized spacial score (nSPS) is 11.9. The van der Waals surface area contributed by atoms with Crippen molar-refractivity contribution >= 4 is 16.8 Å². The van der Waals surface area contributed by atoms with Crippen LogP contribution >= 0.6 is 0 Å². The highest BCUT2D eigenvalue weighted by Crippen LogP contribution is 2.29. The van der Waals surface area contributed by atoms with Gasteiger partial charge in [-0.1, -0.05) is 55.8 Å². The second-order valence-electron chi connectivity index (χ2n) is 8.64. The van der Waals surface area contributed by atoms with Gasteiger partial charge in [-0.15, -0.1) is 0 Å². The van der Waals surface area contributed by atoms with E-state index in [9.17, 15) is 9.59 Å². The van der Waals surface area contributed by atoms with Crippen LogP contribution in [0.5, 0.6) is 5.75 Å². The number of rotatable bonds is 8. The van der Waals surface area contributed by atoms with Crippen molar-refractivity contribution in [2.45, 2.75) is 39.7 Å². The molecule has 1 atom stereocenters. The second-order valence-corrected chi connectivity index (χ2v) is 8.64. The number of hydrogen-bond acceptors (Lipinski definition) is 4. The lowest BCUT2D eigenvalue weighted by molar-refractivity contribution is 0.0677. The monoisotopic (exact) mass is 469 g/mol. The van der Waals surface area contributed by atoms with Crippen LogP contribution < -0.4 is 10.3 Å². The molecule has 3 aromatic carbocycles. The van der Waals surface area contributed by atoms with E-state index in [-0.39, 0.29) is 11.5 Å². The highest BCUT2D eigenvalue weighted by Gasteiger charge is 2.28. The third-order valence-electron chi connectivity index (χ3n) is 6.36. The van der Waals surface area contributed by atoms with Gasteiger partial charge in [0.05, 0.1) is 29.7 Å². The lowest BCUT2D eigenvalue weighted by atomic mass is 10.1. The molecule has 0 bridgehead atoms. The van der Waals surface area contributed by atoms with Crippen molar-refractivity contribution in [3.05, 3.63) is 100 Å². The van der Waals surface area contributed by atoms with Gasteiger partial charge in [0.25, 0.3) is 11.5 Å². The SMILES string of the molecule is CCCCN(C(=O)c1ccccc1C)C(C)c1nc2ccccc2c(=O)n1-c1ccccc1OC. The highest BCUT2D eigenvalue weighted by atomic mass is 16.5. The first-order valence-electron chi connectivity index (χ1n) is 12.0. The summed E-state index contributed by atoms with van der Waals surface area (Å²) < 4.78 is 7.18. The van der Waals surface area contributed by atoms with Gasteiger partial charge in [0.1, 0.15) is 11.6 Å². The number of amides is 1. The summed E-state index contributed by atoms with van der Waals surface area (Å²) in [6, 6.07) is 21.8. The zero-order valence-corrected chi connectivity index (χ0v) is 20.7. The third-order valence-corrected chi connectivity index (χ3v) is 6.36. The number of para-hydroxylation sites is 3. The summed E-state index contributed by atoms with van der Waals surface area (Å²) in [5.41, 5.74) is 2.58. The number of methoxy groups -OCH3 is 1. The number of unbranched alkanes of at least 4 members (excludes halogenated alkanes) is 1. The molecule has 0 N–H and O–H groups in total. The number of nitrogens with zero attached hydrogens (tertiary/aromatic N) is 3. The molecule has 1 unspecified atom stereocenters. The van der Waals surface area contributed by atoms with E-state index in [1.165, 1.54) is 0 Å². The summed E-state index contributed by atoms with van der Waals surface area (Å²) in [5.74, 6) is 0.986. The Hall–Kier alpha value is -3.93. The molecule has 0 saturated carbocycles. The molecular weight excluding hydrogens is 438 g/mol. The number of carbonyl (C=O) groups excluding carboxylic acids is 1. The van der Waals surface area contributed by atoms with Crippen molar-refractivity contribution in [1.29, 1.82) is 0 Å². The van der Waals surface area contributed by atoms with E-state index in [0.29, 0.717) is 40.3 Å². The molecule has 35 heavy (non-hydrogen) atoms. The number of fused-ring (bicyclic) bond motifs is 1. The van der Waals surface area contributed by atoms with E-state index in [4.69, 9.17) is 9.72 Å². The minimum absolute atomic E-state index is 0.0713. The Morgan fingerprint density at radius 1 is 1.03 bits per heavy atom. The summed E-state index contributed by atoms with van der Waals surface area (Å²) in [7, 11) is 1.58. The Morgan fingerprint density at radius 2 is 1.71 bits per heavy atom. The average Bonchev–Trinajstić information content (AvgIpc) is 2.89. The van der Waals surface area contributed by atoms with E-state index in [2.05, 4.69) is 6.92 Å². The van der Waals surface area contributed by atoms with Crippen LogP contribution in [0.1, 0.15) is 54.5 Å². The number of ether oxygens (including phenoxy) is 1. The summed E-state index contributed by atoms with van der Waals surface area (Å²) in [6.45, 7) is 6.53. The van der Waals surface area contributed by atoms with E-state index in [1.807, 2.05) is 85.5 Å². The molecule has 0 spiro atoms. The van der Waals surface area contributed by atoms with Crippen LogP contribution in [-0.4, -0.2) is 34.0 Å². The van der Waals surface area contributed by atoms with Crippen LogP contribution in [0, 0.1) is 6.92 Å². The first kappa shape index (κ1) is 24.2. The largest absolute Gasteiger partial charge is 0.495 e. The minimum atomic E-state index is -0.462. The molecule has 0 aliphatic carbocycles. The van der Waals surface area contributed by atoms with Crippen LogP contribution in [-0.2, 0) is 0 Å². The number of hydrogen-bond donors (Lipinski definition) is 0. The second kappa shape index (κ2) is 10.6. The number of benzene rings is 3. The van der Waals surface area contributed by atoms with Gasteiger partial charge in [-0.3, -0.25) is 14.2 Å². The van der Waals surface area contributed by atoms with E-state index < -0.39 is 6.04 Å². The van der Waals surface area contributed by atoms with Gasteiger partial charge in [-0.05, 0) is 56.2 Å². The summed E-state index contributed by atoms with van der Waals surface area (Å²) in [5, 5.41) is 0.514. The summed E-state index contributed by atoms with van der Waals surface area (Å²) in [4.78, 5) is 34.4. The van der Waals surface area contributed by atoms with Crippen LogP contribution in [0.2, 0.25) is 0 Å². The number of aromatic nitrogens is 2. The molecule has 0 radical (unpaired) electrons. The molecule has 1 aromatic heterocycles. The Morgan fingerprint density at radius 3 is 2.46 bits per heavy atom. The van der Waals surface area contributed by atoms with Crippen molar-refractivity contribution < 1.29 is 9.53 Å². The van der Waals surface area contributed by atoms with E-state index >= 15 is 0 Å². The predicted molar refractivity (Wildman–Crippen MR) is 139 cm³/mol. The quantitative estimate of drug-likeness (QED) is 0.332. The topological polar surface area (TPSA) is 64.4 Å². The highest BCUT2D eigenvalue weighted by molar-refractivity contribution is 5.96. The number of aryl methyl sites for hydroxylation is 1. The molecule has 0 fully saturated rings. The standard InChI is InChI=1S/C29H31N3O3/c1-5-6-19-31(28(33)22-14-8-7-13-20(22)2)21(3)27-30-24-16-10-9-15-23(24)29(34)32(27)25-17-11-12-18-26(25)35-4/h7-18,21H,5-6,19H2,1-4H3. The van der Waals surface area contributed by atoms with Crippen LogP contribution in [0.25, 0.3) is 16.6 Å². The maximum Gasteiger partial charge on any atom is 0.266 e. The molecule has 0 aliphatic heterocycles. The molecule has 4 rings (SSSR count). The van der Waals surface area contributed by atoms with Crippen molar-refractivity contribution in [2.24, 2.45) is 0 Å². The summed E-state index contributed by atoms with van der Waals surface area (Å²) >= 11 is 0. The molecule has 0 saturated heterocycles. The van der Waals surface area contributed by atoms with Gasteiger partial charge < -0.3 is 9.64 Å². The fourth-order valence-corrected chi connectivity index (χ4v) is 4.38. The lowest BCUT2D eigenvalue weighted by Gasteiger charge is -2.31. The first-order valence-corrected chi connectivity index (χ1v) is 12.0. The smallest absolute Gasteiger partial charge is 0.266 e. The van der Waals surface area contributed by atoms with Crippen LogP contribution in [0.3, 0.4) is 0 Å². The molecule has 1 amide bonds. The zero-order valence-electron chi connectivity index (χ0n) is 20.7.